The van der Waals surface area contributed by atoms with E-state index in [1.807, 2.05) is 5.38 Å². The number of aromatic nitrogens is 1. The Hall–Kier alpha value is -1.07. The van der Waals surface area contributed by atoms with Crippen LogP contribution in [0, 0.1) is 0 Å². The van der Waals surface area contributed by atoms with Gasteiger partial charge < -0.3 is 10.8 Å². The zero-order chi connectivity index (χ0) is 10.1. The standard InChI is InChI=1S/C9H7BrN2OS/c10-7-2-1-5(13)3-6(7)8-4-14-9(11)12-8/h1-4,13H,(H2,11,12). The summed E-state index contributed by atoms with van der Waals surface area (Å²) in [5.74, 6) is 0.217. The highest BCUT2D eigenvalue weighted by Crippen LogP contribution is 2.32. The first-order chi connectivity index (χ1) is 6.66. The van der Waals surface area contributed by atoms with E-state index in [2.05, 4.69) is 20.9 Å². The number of nitrogen functional groups attached to an aromatic ring is 1. The summed E-state index contributed by atoms with van der Waals surface area (Å²) in [5.41, 5.74) is 7.15. The summed E-state index contributed by atoms with van der Waals surface area (Å²) in [6.45, 7) is 0. The van der Waals surface area contributed by atoms with Crippen LogP contribution in [0.5, 0.6) is 5.75 Å². The van der Waals surface area contributed by atoms with Crippen LogP contribution in [0.15, 0.2) is 28.1 Å². The summed E-state index contributed by atoms with van der Waals surface area (Å²) < 4.78 is 0.889. The molecule has 5 heteroatoms. The van der Waals surface area contributed by atoms with Crippen molar-refractivity contribution < 1.29 is 5.11 Å². The number of benzene rings is 1. The fourth-order valence-corrected chi connectivity index (χ4v) is 2.13. The third-order valence-electron chi connectivity index (χ3n) is 1.75. The van der Waals surface area contributed by atoms with E-state index < -0.39 is 0 Å². The van der Waals surface area contributed by atoms with Crippen LogP contribution >= 0.6 is 27.3 Å². The minimum atomic E-state index is 0.217. The number of phenolic OH excluding ortho intramolecular Hbond substituents is 1. The molecule has 14 heavy (non-hydrogen) atoms. The molecule has 0 radical (unpaired) electrons. The molecule has 3 nitrogen and oxygen atoms in total. The molecule has 0 saturated carbocycles. The topological polar surface area (TPSA) is 59.1 Å². The fourth-order valence-electron chi connectivity index (χ4n) is 1.12. The van der Waals surface area contributed by atoms with Gasteiger partial charge in [-0.05, 0) is 18.2 Å². The summed E-state index contributed by atoms with van der Waals surface area (Å²) in [6, 6.07) is 5.04. The van der Waals surface area contributed by atoms with Gasteiger partial charge in [0, 0.05) is 15.4 Å². The molecule has 0 aliphatic carbocycles. The number of nitrogens with two attached hydrogens (primary N) is 1. The van der Waals surface area contributed by atoms with Crippen LogP contribution in [-0.2, 0) is 0 Å². The molecule has 0 saturated heterocycles. The van der Waals surface area contributed by atoms with Crippen LogP contribution in [0.4, 0.5) is 5.13 Å². The maximum atomic E-state index is 9.33. The number of halogens is 1. The van der Waals surface area contributed by atoms with Gasteiger partial charge in [0.15, 0.2) is 5.13 Å². The SMILES string of the molecule is Nc1nc(-c2cc(O)ccc2Br)cs1. The van der Waals surface area contributed by atoms with Gasteiger partial charge in [-0.3, -0.25) is 0 Å². The van der Waals surface area contributed by atoms with Crippen molar-refractivity contribution in [3.05, 3.63) is 28.1 Å². The van der Waals surface area contributed by atoms with Gasteiger partial charge >= 0.3 is 0 Å². The summed E-state index contributed by atoms with van der Waals surface area (Å²) >= 11 is 4.77. The number of thiazole rings is 1. The van der Waals surface area contributed by atoms with E-state index in [0.29, 0.717) is 5.13 Å². The van der Waals surface area contributed by atoms with Crippen molar-refractivity contribution in [2.75, 3.05) is 5.73 Å². The van der Waals surface area contributed by atoms with Crippen LogP contribution in [0.2, 0.25) is 0 Å². The van der Waals surface area contributed by atoms with Gasteiger partial charge in [-0.1, -0.05) is 15.9 Å². The lowest BCUT2D eigenvalue weighted by molar-refractivity contribution is 0.475. The number of nitrogens with zero attached hydrogens (tertiary/aromatic N) is 1. The van der Waals surface area contributed by atoms with Crippen LogP contribution in [0.25, 0.3) is 11.3 Å². The Morgan fingerprint density at radius 3 is 2.86 bits per heavy atom. The van der Waals surface area contributed by atoms with Gasteiger partial charge in [-0.2, -0.15) is 0 Å². The number of hydrogen-bond donors (Lipinski definition) is 2. The number of rotatable bonds is 1. The molecule has 3 N–H and O–H groups in total. The van der Waals surface area contributed by atoms with Crippen LogP contribution in [0.1, 0.15) is 0 Å². The normalized spacial score (nSPS) is 10.4. The summed E-state index contributed by atoms with van der Waals surface area (Å²) in [7, 11) is 0. The number of hydrogen-bond acceptors (Lipinski definition) is 4. The zero-order valence-electron chi connectivity index (χ0n) is 7.07. The Kier molecular flexibility index (Phi) is 2.43. The summed E-state index contributed by atoms with van der Waals surface area (Å²) in [6.07, 6.45) is 0. The minimum absolute atomic E-state index is 0.217. The number of aromatic hydroxyl groups is 1. The van der Waals surface area contributed by atoms with Gasteiger partial charge in [0.25, 0.3) is 0 Å². The lowest BCUT2D eigenvalue weighted by Gasteiger charge is -2.00. The van der Waals surface area contributed by atoms with Crippen molar-refractivity contribution in [3.63, 3.8) is 0 Å². The van der Waals surface area contributed by atoms with Gasteiger partial charge in [-0.15, -0.1) is 11.3 Å². The first kappa shape index (κ1) is 9.48. The molecule has 2 aromatic rings. The molecule has 72 valence electrons. The van der Waals surface area contributed by atoms with Gasteiger partial charge in [0.2, 0.25) is 0 Å². The Balaban J connectivity index is 2.55. The largest absolute Gasteiger partial charge is 0.508 e. The van der Waals surface area contributed by atoms with E-state index in [9.17, 15) is 5.11 Å². The molecule has 0 amide bonds. The zero-order valence-corrected chi connectivity index (χ0v) is 9.47. The van der Waals surface area contributed by atoms with Crippen LogP contribution in [-0.4, -0.2) is 10.1 Å². The molecule has 1 aromatic heterocycles. The van der Waals surface area contributed by atoms with Crippen molar-refractivity contribution in [2.45, 2.75) is 0 Å². The van der Waals surface area contributed by atoms with Crippen molar-refractivity contribution in [2.24, 2.45) is 0 Å². The minimum Gasteiger partial charge on any atom is -0.508 e. The molecule has 0 unspecified atom stereocenters. The second kappa shape index (κ2) is 3.59. The lowest BCUT2D eigenvalue weighted by Crippen LogP contribution is -1.83. The fraction of sp³-hybridized carbons (Fsp3) is 0. The quantitative estimate of drug-likeness (QED) is 0.838. The maximum Gasteiger partial charge on any atom is 0.180 e. The molecule has 0 fully saturated rings. The molecule has 0 bridgehead atoms. The van der Waals surface area contributed by atoms with Crippen LogP contribution in [0.3, 0.4) is 0 Å². The third-order valence-corrected chi connectivity index (χ3v) is 3.11. The van der Waals surface area contributed by atoms with E-state index in [1.165, 1.54) is 11.3 Å². The van der Waals surface area contributed by atoms with Crippen LogP contribution < -0.4 is 5.73 Å². The first-order valence-corrected chi connectivity index (χ1v) is 5.54. The highest BCUT2D eigenvalue weighted by Gasteiger charge is 2.07. The molecule has 0 spiro atoms. The molecule has 2 rings (SSSR count). The van der Waals surface area contributed by atoms with Gasteiger partial charge in [0.05, 0.1) is 5.69 Å². The molecule has 0 aliphatic rings. The van der Waals surface area contributed by atoms with Crippen molar-refractivity contribution >= 4 is 32.4 Å². The second-order valence-corrected chi connectivity index (χ2v) is 4.48. The summed E-state index contributed by atoms with van der Waals surface area (Å²) in [5, 5.41) is 11.7. The van der Waals surface area contributed by atoms with Gasteiger partial charge in [-0.25, -0.2) is 4.98 Å². The predicted octanol–water partition coefficient (Wildman–Crippen LogP) is 2.86. The predicted molar refractivity (Wildman–Crippen MR) is 61.3 cm³/mol. The Morgan fingerprint density at radius 2 is 2.21 bits per heavy atom. The van der Waals surface area contributed by atoms with Gasteiger partial charge in [0.1, 0.15) is 5.75 Å². The molecule has 0 aliphatic heterocycles. The molecular weight excluding hydrogens is 264 g/mol. The summed E-state index contributed by atoms with van der Waals surface area (Å²) in [4.78, 5) is 4.14. The molecule has 0 atom stereocenters. The maximum absolute atomic E-state index is 9.33. The first-order valence-electron chi connectivity index (χ1n) is 3.87. The Morgan fingerprint density at radius 1 is 1.43 bits per heavy atom. The van der Waals surface area contributed by atoms with E-state index in [-0.39, 0.29) is 5.75 Å². The number of anilines is 1. The highest BCUT2D eigenvalue weighted by atomic mass is 79.9. The van der Waals surface area contributed by atoms with Crippen molar-refractivity contribution in [3.8, 4) is 17.0 Å². The highest BCUT2D eigenvalue weighted by molar-refractivity contribution is 9.10. The Bertz CT molecular complexity index is 470. The van der Waals surface area contributed by atoms with E-state index in [1.54, 1.807) is 18.2 Å². The lowest BCUT2D eigenvalue weighted by atomic mass is 10.2. The molecule has 1 aromatic carbocycles. The monoisotopic (exact) mass is 270 g/mol. The van der Waals surface area contributed by atoms with Crippen molar-refractivity contribution in [1.82, 2.24) is 4.98 Å². The molecule has 1 heterocycles. The van der Waals surface area contributed by atoms with Crippen molar-refractivity contribution in [1.29, 1.82) is 0 Å². The average Bonchev–Trinajstić information content (AvgIpc) is 2.56. The molecular formula is C9H7BrN2OS. The Labute approximate surface area is 93.4 Å². The smallest absolute Gasteiger partial charge is 0.180 e. The average molecular weight is 271 g/mol. The van der Waals surface area contributed by atoms with E-state index >= 15 is 0 Å². The number of phenols is 1. The van der Waals surface area contributed by atoms with E-state index in [4.69, 9.17) is 5.73 Å². The van der Waals surface area contributed by atoms with E-state index in [0.717, 1.165) is 15.7 Å². The third kappa shape index (κ3) is 1.73. The second-order valence-electron chi connectivity index (χ2n) is 2.74.